The molecule has 0 nitrogen and oxygen atoms in total. The molecule has 1 aromatic carbocycles. The molecule has 0 atom stereocenters. The molecule has 0 aliphatic rings. The number of hydrogen-bond acceptors (Lipinski definition) is 2. The van der Waals surface area contributed by atoms with Crippen LogP contribution in [0.5, 0.6) is 0 Å². The molecule has 0 unspecified atom stereocenters. The van der Waals surface area contributed by atoms with Crippen molar-refractivity contribution in [1.29, 1.82) is 0 Å². The van der Waals surface area contributed by atoms with E-state index in [1.54, 1.807) is 17.4 Å². The molecule has 0 spiro atoms. The summed E-state index contributed by atoms with van der Waals surface area (Å²) in [5, 5.41) is 2.14. The van der Waals surface area contributed by atoms with Gasteiger partial charge >= 0.3 is 0 Å². The first-order valence-electron chi connectivity index (χ1n) is 4.31. The van der Waals surface area contributed by atoms with Crippen molar-refractivity contribution in [3.05, 3.63) is 34.3 Å². The lowest BCUT2D eigenvalue weighted by atomic mass is 10.2. The normalized spacial score (nSPS) is 11.6. The molecule has 3 rings (SSSR count). The Balaban J connectivity index is 2.49. The maximum absolute atomic E-state index is 13.0. The van der Waals surface area contributed by atoms with Crippen molar-refractivity contribution >= 4 is 42.8 Å². The van der Waals surface area contributed by atoms with Gasteiger partial charge in [0.1, 0.15) is 0 Å². The summed E-state index contributed by atoms with van der Waals surface area (Å²) in [5.41, 5.74) is 0. The van der Waals surface area contributed by atoms with Crippen molar-refractivity contribution in [2.24, 2.45) is 0 Å². The molecule has 14 heavy (non-hydrogen) atoms. The van der Waals surface area contributed by atoms with Crippen LogP contribution in [0.3, 0.4) is 0 Å². The van der Waals surface area contributed by atoms with E-state index in [4.69, 9.17) is 0 Å². The van der Waals surface area contributed by atoms with Crippen molar-refractivity contribution in [2.75, 3.05) is 0 Å². The van der Waals surface area contributed by atoms with E-state index in [9.17, 15) is 4.39 Å². The summed E-state index contributed by atoms with van der Waals surface area (Å²) < 4.78 is 15.3. The number of hydrogen-bond donors (Lipinski definition) is 0. The maximum atomic E-state index is 13.0. The predicted octanol–water partition coefficient (Wildman–Crippen LogP) is 4.56. The number of fused-ring (bicyclic) bond motifs is 2. The molecule has 70 valence electrons. The minimum atomic E-state index is -0.102. The molecule has 0 radical (unpaired) electrons. The number of aryl methyl sites for hydroxylation is 1. The van der Waals surface area contributed by atoms with Crippen LogP contribution in [0.15, 0.2) is 24.3 Å². The highest BCUT2D eigenvalue weighted by Gasteiger charge is 2.04. The molecule has 0 bridgehead atoms. The SMILES string of the molecule is Cc1cc2cc3sc(F)cc3cc2s1. The minimum absolute atomic E-state index is 0.102. The number of rotatable bonds is 0. The van der Waals surface area contributed by atoms with Crippen molar-refractivity contribution < 1.29 is 4.39 Å². The van der Waals surface area contributed by atoms with E-state index in [1.165, 1.54) is 26.3 Å². The van der Waals surface area contributed by atoms with E-state index in [0.29, 0.717) is 0 Å². The van der Waals surface area contributed by atoms with Gasteiger partial charge in [-0.3, -0.25) is 0 Å². The molecule has 2 aromatic heterocycles. The first-order valence-corrected chi connectivity index (χ1v) is 5.95. The molecule has 0 saturated carbocycles. The fourth-order valence-corrected chi connectivity index (χ4v) is 3.44. The Morgan fingerprint density at radius 3 is 2.36 bits per heavy atom. The van der Waals surface area contributed by atoms with Crippen molar-refractivity contribution in [3.8, 4) is 0 Å². The van der Waals surface area contributed by atoms with Gasteiger partial charge in [-0.15, -0.1) is 22.7 Å². The third-order valence-electron chi connectivity index (χ3n) is 2.25. The summed E-state index contributed by atoms with van der Waals surface area (Å²) >= 11 is 2.97. The van der Waals surface area contributed by atoms with E-state index >= 15 is 0 Å². The van der Waals surface area contributed by atoms with Crippen molar-refractivity contribution in [2.45, 2.75) is 6.92 Å². The Bertz CT molecular complexity index is 516. The van der Waals surface area contributed by atoms with Gasteiger partial charge in [-0.25, -0.2) is 0 Å². The maximum Gasteiger partial charge on any atom is 0.177 e. The zero-order valence-electron chi connectivity index (χ0n) is 7.50. The van der Waals surface area contributed by atoms with E-state index in [-0.39, 0.29) is 5.13 Å². The second-order valence-electron chi connectivity index (χ2n) is 3.34. The average Bonchev–Trinajstić information content (AvgIpc) is 2.59. The van der Waals surface area contributed by atoms with E-state index in [2.05, 4.69) is 25.1 Å². The van der Waals surface area contributed by atoms with E-state index in [0.717, 1.165) is 10.1 Å². The van der Waals surface area contributed by atoms with Gasteiger partial charge in [-0.2, -0.15) is 4.39 Å². The van der Waals surface area contributed by atoms with Crippen LogP contribution >= 0.6 is 22.7 Å². The van der Waals surface area contributed by atoms with Crippen LogP contribution in [-0.4, -0.2) is 0 Å². The smallest absolute Gasteiger partial charge is 0.177 e. The predicted molar refractivity (Wildman–Crippen MR) is 61.9 cm³/mol. The highest BCUT2D eigenvalue weighted by molar-refractivity contribution is 7.20. The van der Waals surface area contributed by atoms with Gasteiger partial charge in [0.2, 0.25) is 0 Å². The molecule has 0 saturated heterocycles. The van der Waals surface area contributed by atoms with Gasteiger partial charge in [0, 0.05) is 14.3 Å². The highest BCUT2D eigenvalue weighted by Crippen LogP contribution is 2.33. The molecule has 2 heterocycles. The van der Waals surface area contributed by atoms with Crippen molar-refractivity contribution in [3.63, 3.8) is 0 Å². The topological polar surface area (TPSA) is 0 Å². The third kappa shape index (κ3) is 1.16. The minimum Gasteiger partial charge on any atom is -0.195 e. The number of thiophene rings is 2. The average molecular weight is 222 g/mol. The molecule has 0 aliphatic carbocycles. The fourth-order valence-electron chi connectivity index (χ4n) is 1.67. The lowest BCUT2D eigenvalue weighted by molar-refractivity contribution is 0.658. The van der Waals surface area contributed by atoms with Crippen LogP contribution in [0.1, 0.15) is 4.88 Å². The first-order chi connectivity index (χ1) is 6.72. The molecule has 0 fully saturated rings. The van der Waals surface area contributed by atoms with Crippen LogP contribution in [0.2, 0.25) is 0 Å². The summed E-state index contributed by atoms with van der Waals surface area (Å²) in [4.78, 5) is 1.30. The van der Waals surface area contributed by atoms with Crippen LogP contribution in [0.25, 0.3) is 20.2 Å². The Kier molecular flexibility index (Phi) is 1.66. The van der Waals surface area contributed by atoms with Crippen molar-refractivity contribution in [1.82, 2.24) is 0 Å². The van der Waals surface area contributed by atoms with E-state index < -0.39 is 0 Å². The lowest BCUT2D eigenvalue weighted by Gasteiger charge is -1.89. The zero-order valence-corrected chi connectivity index (χ0v) is 9.14. The zero-order chi connectivity index (χ0) is 9.71. The molecular formula is C11H7FS2. The van der Waals surface area contributed by atoms with Gasteiger partial charge in [0.05, 0.1) is 0 Å². The monoisotopic (exact) mass is 222 g/mol. The van der Waals surface area contributed by atoms with Crippen LogP contribution in [0.4, 0.5) is 4.39 Å². The Morgan fingerprint density at radius 1 is 0.929 bits per heavy atom. The molecule has 0 aliphatic heterocycles. The Morgan fingerprint density at radius 2 is 1.57 bits per heavy atom. The first kappa shape index (κ1) is 8.38. The molecule has 0 amide bonds. The second-order valence-corrected chi connectivity index (χ2v) is 5.66. The fraction of sp³-hybridized carbons (Fsp3) is 0.0909. The largest absolute Gasteiger partial charge is 0.195 e. The standard InChI is InChI=1S/C11H7FS2/c1-6-2-7-3-10-8(4-9(7)13-6)5-11(12)14-10/h2-5H,1H3. The summed E-state index contributed by atoms with van der Waals surface area (Å²) in [6.45, 7) is 2.10. The summed E-state index contributed by atoms with van der Waals surface area (Å²) in [7, 11) is 0. The Labute approximate surface area is 88.6 Å². The second kappa shape index (κ2) is 2.78. The third-order valence-corrected chi connectivity index (χ3v) is 4.15. The number of benzene rings is 1. The summed E-state index contributed by atoms with van der Waals surface area (Å²) in [6, 6.07) is 7.90. The van der Waals surface area contributed by atoms with Crippen LogP contribution < -0.4 is 0 Å². The summed E-state index contributed by atoms with van der Waals surface area (Å²) in [5.74, 6) is 0. The number of halogens is 1. The van der Waals surface area contributed by atoms with Gasteiger partial charge in [-0.1, -0.05) is 0 Å². The quantitative estimate of drug-likeness (QED) is 0.523. The van der Waals surface area contributed by atoms with Gasteiger partial charge < -0.3 is 0 Å². The van der Waals surface area contributed by atoms with Crippen LogP contribution in [0, 0.1) is 12.1 Å². The molecule has 0 N–H and O–H groups in total. The molecular weight excluding hydrogens is 215 g/mol. The molecule has 3 heteroatoms. The molecule has 3 aromatic rings. The van der Waals surface area contributed by atoms with Gasteiger partial charge in [0.15, 0.2) is 5.13 Å². The lowest BCUT2D eigenvalue weighted by Crippen LogP contribution is -1.62. The van der Waals surface area contributed by atoms with Gasteiger partial charge in [0.25, 0.3) is 0 Å². The summed E-state index contributed by atoms with van der Waals surface area (Å²) in [6.07, 6.45) is 0. The highest BCUT2D eigenvalue weighted by atomic mass is 32.1. The van der Waals surface area contributed by atoms with E-state index in [1.807, 2.05) is 0 Å². The van der Waals surface area contributed by atoms with Crippen LogP contribution in [-0.2, 0) is 0 Å². The Hall–Kier alpha value is -0.930. The van der Waals surface area contributed by atoms with Gasteiger partial charge in [-0.05, 0) is 42.0 Å².